The molecule has 0 aliphatic heterocycles. The van der Waals surface area contributed by atoms with Crippen molar-refractivity contribution in [2.75, 3.05) is 0 Å². The van der Waals surface area contributed by atoms with Gasteiger partial charge in [0, 0.05) is 62.4 Å². The molecule has 0 radical (unpaired) electrons. The molecular weight excluding hydrogens is 868 g/mol. The predicted octanol–water partition coefficient (Wildman–Crippen LogP) is 14.2. The van der Waals surface area contributed by atoms with Crippen LogP contribution >= 0.6 is 0 Å². The number of halogens is 1. The molecule has 4 unspecified atom stereocenters. The van der Waals surface area contributed by atoms with Gasteiger partial charge in [-0.3, -0.25) is 0 Å². The highest BCUT2D eigenvalue weighted by Gasteiger charge is 2.40. The van der Waals surface area contributed by atoms with E-state index in [-0.39, 0.29) is 36.1 Å². The quantitative estimate of drug-likeness (QED) is 0.121. The smallest absolute Gasteiger partial charge is 0.255 e. The van der Waals surface area contributed by atoms with E-state index in [2.05, 4.69) is 246 Å². The minimum atomic E-state index is 0. The van der Waals surface area contributed by atoms with E-state index >= 15 is 0 Å². The highest BCUT2D eigenvalue weighted by Crippen LogP contribution is 2.50. The SMILES string of the molecule is Cc1cc(C)cc(C(C)c2cc(C)cc(C(C)c3cc(C)cc(C)c3)c2-n2c[n+](-c3c(C(C)c4cc(C)cc(C)c4)cc(C)cc3C(C)c3cc(C)cc(C)c3)c3c2-c2cccc4cccc-3c24)c1.[Cl-]. The molecule has 1 aliphatic carbocycles. The lowest BCUT2D eigenvalue weighted by atomic mass is 9.82. The topological polar surface area (TPSA) is 8.81 Å². The van der Waals surface area contributed by atoms with Gasteiger partial charge in [-0.1, -0.05) is 205 Å². The lowest BCUT2D eigenvalue weighted by molar-refractivity contribution is -0.584. The standard InChI is InChI=1S/C67H69N2.ClH/c1-38-21-39(2)26-53(25-38)48(11)59-33-46(9)34-60(49(12)54-27-40(3)22-41(4)28-54)64(59)68-37-69(67-58-20-16-18-52-17-15-19-57(63(52)58)66(67)68)65-61(50(13)55-29-42(5)23-43(6)30-55)35-47(10)36-62(65)51(14)56-31-44(7)24-45(8)32-56;/h15-37,48-51H,1-14H3;1H/q+1;/p-1. The van der Waals surface area contributed by atoms with Gasteiger partial charge in [0.05, 0.1) is 0 Å². The average molecular weight is 938 g/mol. The normalized spacial score (nSPS) is 13.5. The minimum absolute atomic E-state index is 0. The Labute approximate surface area is 424 Å². The van der Waals surface area contributed by atoms with Gasteiger partial charge in [0.15, 0.2) is 11.4 Å². The van der Waals surface area contributed by atoms with Crippen LogP contribution in [0.2, 0.25) is 0 Å². The molecule has 9 aromatic rings. The summed E-state index contributed by atoms with van der Waals surface area (Å²) in [5, 5.41) is 2.60. The van der Waals surface area contributed by atoms with E-state index < -0.39 is 0 Å². The Bertz CT molecular complexity index is 3060. The zero-order chi connectivity index (χ0) is 48.7. The van der Waals surface area contributed by atoms with Crippen molar-refractivity contribution in [3.63, 3.8) is 0 Å². The molecule has 3 heteroatoms. The summed E-state index contributed by atoms with van der Waals surface area (Å²) >= 11 is 0. The summed E-state index contributed by atoms with van der Waals surface area (Å²) in [6.45, 7) is 32.2. The molecule has 0 saturated carbocycles. The second-order valence-corrected chi connectivity index (χ2v) is 21.4. The lowest BCUT2D eigenvalue weighted by Gasteiger charge is -2.24. The van der Waals surface area contributed by atoms with E-state index in [1.807, 2.05) is 0 Å². The number of nitrogens with zero attached hydrogens (tertiary/aromatic N) is 2. The van der Waals surface area contributed by atoms with E-state index in [0.717, 1.165) is 0 Å². The first-order chi connectivity index (χ1) is 32.9. The Kier molecular flexibility index (Phi) is 13.0. The largest absolute Gasteiger partial charge is 1.00 e. The van der Waals surface area contributed by atoms with Crippen LogP contribution < -0.4 is 17.0 Å². The van der Waals surface area contributed by atoms with Crippen LogP contribution in [-0.2, 0) is 0 Å². The fourth-order valence-electron chi connectivity index (χ4n) is 12.4. The van der Waals surface area contributed by atoms with Crippen LogP contribution in [0.25, 0.3) is 44.7 Å². The van der Waals surface area contributed by atoms with Crippen molar-refractivity contribution in [3.8, 4) is 33.9 Å². The Balaban J connectivity index is 0.00000608. The van der Waals surface area contributed by atoms with Crippen molar-refractivity contribution in [1.82, 2.24) is 4.57 Å². The summed E-state index contributed by atoms with van der Waals surface area (Å²) in [7, 11) is 0. The predicted molar refractivity (Wildman–Crippen MR) is 292 cm³/mol. The molecule has 354 valence electrons. The Morgan fingerprint density at radius 2 is 0.686 bits per heavy atom. The molecule has 0 amide bonds. The van der Waals surface area contributed by atoms with Gasteiger partial charge in [0.25, 0.3) is 6.33 Å². The number of rotatable bonds is 10. The van der Waals surface area contributed by atoms with Crippen molar-refractivity contribution in [2.24, 2.45) is 0 Å². The van der Waals surface area contributed by atoms with Gasteiger partial charge < -0.3 is 12.4 Å². The fraction of sp³-hybridized carbons (Fsp3) is 0.269. The highest BCUT2D eigenvalue weighted by atomic mass is 35.5. The summed E-state index contributed by atoms with van der Waals surface area (Å²) in [6.07, 6.45) is 2.50. The number of hydrogen-bond acceptors (Lipinski definition) is 0. The Hall–Kier alpha value is -6.48. The molecule has 4 atom stereocenters. The van der Waals surface area contributed by atoms with E-state index in [0.29, 0.717) is 0 Å². The number of fused-ring (bicyclic) bond motifs is 3. The first-order valence-corrected chi connectivity index (χ1v) is 25.3. The number of benzene rings is 8. The summed E-state index contributed by atoms with van der Waals surface area (Å²) in [5.74, 6) is 0.479. The zero-order valence-corrected chi connectivity index (χ0v) is 44.6. The first kappa shape index (κ1) is 48.5. The van der Waals surface area contributed by atoms with Crippen molar-refractivity contribution in [1.29, 1.82) is 0 Å². The van der Waals surface area contributed by atoms with Crippen LogP contribution in [0, 0.1) is 69.2 Å². The van der Waals surface area contributed by atoms with Crippen molar-refractivity contribution in [2.45, 2.75) is 121 Å². The van der Waals surface area contributed by atoms with Gasteiger partial charge in [-0.15, -0.1) is 0 Å². The van der Waals surface area contributed by atoms with Crippen LogP contribution in [-0.4, -0.2) is 4.57 Å². The van der Waals surface area contributed by atoms with Gasteiger partial charge in [0.2, 0.25) is 0 Å². The number of imidazole rings is 1. The zero-order valence-electron chi connectivity index (χ0n) is 43.9. The number of aromatic nitrogens is 2. The molecule has 70 heavy (non-hydrogen) atoms. The molecule has 0 spiro atoms. The summed E-state index contributed by atoms with van der Waals surface area (Å²) < 4.78 is 5.28. The molecule has 10 rings (SSSR count). The van der Waals surface area contributed by atoms with Gasteiger partial charge in [-0.25, -0.2) is 0 Å². The Morgan fingerprint density at radius 3 is 1.06 bits per heavy atom. The molecule has 1 aliphatic rings. The maximum atomic E-state index is 2.64. The van der Waals surface area contributed by atoms with E-state index in [9.17, 15) is 0 Å². The van der Waals surface area contributed by atoms with Crippen LogP contribution in [0.15, 0.2) is 140 Å². The van der Waals surface area contributed by atoms with Crippen LogP contribution in [0.4, 0.5) is 0 Å². The van der Waals surface area contributed by atoms with Crippen molar-refractivity contribution < 1.29 is 17.0 Å². The Morgan fingerprint density at radius 1 is 0.371 bits per heavy atom. The maximum Gasteiger partial charge on any atom is 0.255 e. The molecule has 0 saturated heterocycles. The number of hydrogen-bond donors (Lipinski definition) is 0. The molecule has 8 aromatic carbocycles. The first-order valence-electron chi connectivity index (χ1n) is 25.3. The molecule has 0 fully saturated rings. The highest BCUT2D eigenvalue weighted by molar-refractivity contribution is 6.13. The molecular formula is C67H69ClN2. The van der Waals surface area contributed by atoms with Gasteiger partial charge >= 0.3 is 0 Å². The molecule has 1 aromatic heterocycles. The fourth-order valence-corrected chi connectivity index (χ4v) is 12.4. The van der Waals surface area contributed by atoms with Crippen molar-refractivity contribution in [3.05, 3.63) is 240 Å². The third-order valence-corrected chi connectivity index (χ3v) is 15.3. The minimum Gasteiger partial charge on any atom is -1.00 e. The van der Waals surface area contributed by atoms with Crippen molar-refractivity contribution >= 4 is 10.8 Å². The van der Waals surface area contributed by atoms with E-state index in [1.165, 1.54) is 145 Å². The van der Waals surface area contributed by atoms with Gasteiger partial charge in [0.1, 0.15) is 11.4 Å². The second kappa shape index (κ2) is 18.7. The van der Waals surface area contributed by atoms with Crippen LogP contribution in [0.5, 0.6) is 0 Å². The van der Waals surface area contributed by atoms with Gasteiger partial charge in [-0.2, -0.15) is 9.13 Å². The average Bonchev–Trinajstić information content (AvgIpc) is 3.83. The summed E-state index contributed by atoms with van der Waals surface area (Å²) in [5.41, 5.74) is 31.3. The summed E-state index contributed by atoms with van der Waals surface area (Å²) in [6, 6.07) is 52.3. The van der Waals surface area contributed by atoms with Crippen LogP contribution in [0.3, 0.4) is 0 Å². The molecule has 0 bridgehead atoms. The van der Waals surface area contributed by atoms with E-state index in [4.69, 9.17) is 0 Å². The molecule has 0 N–H and O–H groups in total. The lowest BCUT2D eigenvalue weighted by Crippen LogP contribution is -3.00. The molecule has 1 heterocycles. The summed E-state index contributed by atoms with van der Waals surface area (Å²) in [4.78, 5) is 0. The third kappa shape index (κ3) is 8.64. The third-order valence-electron chi connectivity index (χ3n) is 15.3. The van der Waals surface area contributed by atoms with Crippen LogP contribution in [0.1, 0.15) is 152 Å². The van der Waals surface area contributed by atoms with Gasteiger partial charge in [-0.05, 0) is 109 Å². The number of aryl methyl sites for hydroxylation is 10. The maximum absolute atomic E-state index is 2.64. The monoisotopic (exact) mass is 937 g/mol. The second-order valence-electron chi connectivity index (χ2n) is 21.4. The molecule has 2 nitrogen and oxygen atoms in total. The van der Waals surface area contributed by atoms with E-state index in [1.54, 1.807) is 0 Å².